The summed E-state index contributed by atoms with van der Waals surface area (Å²) in [6.07, 6.45) is 4.37. The molecule has 3 saturated carbocycles. The number of rotatable bonds is 5. The van der Waals surface area contributed by atoms with Crippen molar-refractivity contribution in [3.63, 3.8) is 0 Å². The fourth-order valence-corrected chi connectivity index (χ4v) is 4.72. The first-order valence-electron chi connectivity index (χ1n) is 7.72. The fourth-order valence-electron chi connectivity index (χ4n) is 4.72. The van der Waals surface area contributed by atoms with E-state index in [1.54, 1.807) is 0 Å². The van der Waals surface area contributed by atoms with E-state index in [4.69, 9.17) is 0 Å². The average Bonchev–Trinajstić information content (AvgIpc) is 2.76. The molecule has 5 unspecified atom stereocenters. The third-order valence-corrected chi connectivity index (χ3v) is 5.62. The van der Waals surface area contributed by atoms with Crippen LogP contribution in [0, 0.1) is 23.7 Å². The Labute approximate surface area is 110 Å². The molecule has 0 heterocycles. The second kappa shape index (κ2) is 4.52. The van der Waals surface area contributed by atoms with E-state index in [0.717, 1.165) is 36.8 Å². The van der Waals surface area contributed by atoms with E-state index in [-0.39, 0.29) is 11.9 Å². The van der Waals surface area contributed by atoms with Crippen LogP contribution >= 0.6 is 0 Å². The van der Waals surface area contributed by atoms with Gasteiger partial charge in [-0.05, 0) is 63.7 Å². The van der Waals surface area contributed by atoms with Crippen molar-refractivity contribution in [1.29, 1.82) is 0 Å². The number of carbonyl (C=O) groups excluding carboxylic acids is 1. The van der Waals surface area contributed by atoms with Gasteiger partial charge in [-0.15, -0.1) is 0 Å². The minimum Gasteiger partial charge on any atom is -0.342 e. The summed E-state index contributed by atoms with van der Waals surface area (Å²) in [6.45, 7) is 7.80. The summed E-state index contributed by atoms with van der Waals surface area (Å²) in [6, 6.07) is 0.658. The van der Waals surface area contributed by atoms with Gasteiger partial charge < -0.3 is 10.2 Å². The molecular formula is C15H26N2O. The molecular weight excluding hydrogens is 224 g/mol. The van der Waals surface area contributed by atoms with Crippen molar-refractivity contribution in [3.05, 3.63) is 0 Å². The standard InChI is InChI=1S/C15H26N2O/c1-4-17(5-2)15(18)9(3)16-14-12-10-6-7-11(8-10)13(12)14/h9-14,16H,4-8H2,1-3H3. The summed E-state index contributed by atoms with van der Waals surface area (Å²) in [5.41, 5.74) is 0. The minimum atomic E-state index is -0.0000926. The van der Waals surface area contributed by atoms with Gasteiger partial charge in [0.2, 0.25) is 5.91 Å². The highest BCUT2D eigenvalue weighted by molar-refractivity contribution is 5.81. The Kier molecular flexibility index (Phi) is 3.13. The second-order valence-corrected chi connectivity index (χ2v) is 6.41. The normalized spacial score (nSPS) is 41.6. The van der Waals surface area contributed by atoms with E-state index < -0.39 is 0 Å². The van der Waals surface area contributed by atoms with Gasteiger partial charge in [-0.1, -0.05) is 0 Å². The highest BCUT2D eigenvalue weighted by Gasteiger charge is 2.65. The molecule has 0 aromatic rings. The summed E-state index contributed by atoms with van der Waals surface area (Å²) in [4.78, 5) is 14.2. The second-order valence-electron chi connectivity index (χ2n) is 6.41. The Bertz CT molecular complexity index is 323. The molecule has 1 N–H and O–H groups in total. The summed E-state index contributed by atoms with van der Waals surface area (Å²) < 4.78 is 0. The van der Waals surface area contributed by atoms with Crippen LogP contribution in [0.1, 0.15) is 40.0 Å². The first kappa shape index (κ1) is 12.5. The molecule has 3 fully saturated rings. The Morgan fingerprint density at radius 1 is 1.22 bits per heavy atom. The van der Waals surface area contributed by atoms with Crippen LogP contribution in [-0.2, 0) is 4.79 Å². The van der Waals surface area contributed by atoms with Crippen molar-refractivity contribution in [1.82, 2.24) is 10.2 Å². The summed E-state index contributed by atoms with van der Waals surface area (Å²) in [5, 5.41) is 3.61. The molecule has 0 spiro atoms. The zero-order chi connectivity index (χ0) is 12.9. The van der Waals surface area contributed by atoms with Gasteiger partial charge in [-0.25, -0.2) is 0 Å². The maximum absolute atomic E-state index is 12.2. The Balaban J connectivity index is 1.54. The van der Waals surface area contributed by atoms with Crippen molar-refractivity contribution in [2.45, 2.75) is 52.1 Å². The number of carbonyl (C=O) groups is 1. The zero-order valence-electron chi connectivity index (χ0n) is 11.9. The number of amides is 1. The van der Waals surface area contributed by atoms with Gasteiger partial charge in [-0.3, -0.25) is 4.79 Å². The number of fused-ring (bicyclic) bond motifs is 5. The predicted octanol–water partition coefficient (Wildman–Crippen LogP) is 1.88. The van der Waals surface area contributed by atoms with Crippen molar-refractivity contribution in [2.75, 3.05) is 13.1 Å². The molecule has 0 aromatic carbocycles. The SMILES string of the molecule is CCN(CC)C(=O)C(C)NC1C2C3CCC(C3)C12. The van der Waals surface area contributed by atoms with Crippen LogP contribution in [0.5, 0.6) is 0 Å². The Morgan fingerprint density at radius 2 is 1.78 bits per heavy atom. The van der Waals surface area contributed by atoms with Gasteiger partial charge >= 0.3 is 0 Å². The molecule has 18 heavy (non-hydrogen) atoms. The molecule has 3 heteroatoms. The van der Waals surface area contributed by atoms with Gasteiger partial charge in [0.15, 0.2) is 0 Å². The summed E-state index contributed by atoms with van der Waals surface area (Å²) >= 11 is 0. The van der Waals surface area contributed by atoms with Crippen LogP contribution in [-0.4, -0.2) is 36.0 Å². The van der Waals surface area contributed by atoms with Gasteiger partial charge in [-0.2, -0.15) is 0 Å². The van der Waals surface area contributed by atoms with Crippen LogP contribution in [0.25, 0.3) is 0 Å². The molecule has 0 radical (unpaired) electrons. The maximum Gasteiger partial charge on any atom is 0.239 e. The van der Waals surface area contributed by atoms with Crippen molar-refractivity contribution >= 4 is 5.91 Å². The topological polar surface area (TPSA) is 32.3 Å². The number of nitrogens with one attached hydrogen (secondary N) is 1. The molecule has 5 atom stereocenters. The maximum atomic E-state index is 12.2. The lowest BCUT2D eigenvalue weighted by Crippen LogP contribution is -2.46. The van der Waals surface area contributed by atoms with Gasteiger partial charge in [0.05, 0.1) is 6.04 Å². The van der Waals surface area contributed by atoms with Crippen LogP contribution in [0.15, 0.2) is 0 Å². The van der Waals surface area contributed by atoms with E-state index in [2.05, 4.69) is 19.2 Å². The van der Waals surface area contributed by atoms with Gasteiger partial charge in [0.25, 0.3) is 0 Å². The average molecular weight is 250 g/mol. The van der Waals surface area contributed by atoms with Crippen LogP contribution in [0.3, 0.4) is 0 Å². The third kappa shape index (κ3) is 1.78. The molecule has 1 amide bonds. The largest absolute Gasteiger partial charge is 0.342 e. The lowest BCUT2D eigenvalue weighted by atomic mass is 10.0. The van der Waals surface area contributed by atoms with E-state index in [0.29, 0.717) is 6.04 Å². The molecule has 3 aliphatic carbocycles. The molecule has 3 rings (SSSR count). The lowest BCUT2D eigenvalue weighted by molar-refractivity contribution is -0.132. The third-order valence-electron chi connectivity index (χ3n) is 5.62. The van der Waals surface area contributed by atoms with Crippen LogP contribution in [0.4, 0.5) is 0 Å². The van der Waals surface area contributed by atoms with Crippen molar-refractivity contribution in [2.24, 2.45) is 23.7 Å². The quantitative estimate of drug-likeness (QED) is 0.808. The summed E-state index contributed by atoms with van der Waals surface area (Å²) in [5.74, 6) is 4.06. The number of hydrogen-bond donors (Lipinski definition) is 1. The highest BCUT2D eigenvalue weighted by atomic mass is 16.2. The Hall–Kier alpha value is -0.570. The number of likely N-dealkylation sites (N-methyl/N-ethyl adjacent to an activating group) is 1. The lowest BCUT2D eigenvalue weighted by Gasteiger charge is -2.24. The predicted molar refractivity (Wildman–Crippen MR) is 72.1 cm³/mol. The smallest absolute Gasteiger partial charge is 0.239 e. The highest BCUT2D eigenvalue weighted by Crippen LogP contribution is 2.65. The molecule has 0 saturated heterocycles. The Morgan fingerprint density at radius 3 is 2.28 bits per heavy atom. The minimum absolute atomic E-state index is 0.0000926. The van der Waals surface area contributed by atoms with Crippen LogP contribution < -0.4 is 5.32 Å². The molecule has 2 bridgehead atoms. The molecule has 3 nitrogen and oxygen atoms in total. The summed E-state index contributed by atoms with van der Waals surface area (Å²) in [7, 11) is 0. The molecule has 0 aromatic heterocycles. The number of nitrogens with zero attached hydrogens (tertiary/aromatic N) is 1. The molecule has 0 aliphatic heterocycles. The van der Waals surface area contributed by atoms with Gasteiger partial charge in [0.1, 0.15) is 0 Å². The van der Waals surface area contributed by atoms with E-state index in [1.165, 1.54) is 19.3 Å². The zero-order valence-corrected chi connectivity index (χ0v) is 11.9. The van der Waals surface area contributed by atoms with E-state index >= 15 is 0 Å². The monoisotopic (exact) mass is 250 g/mol. The number of hydrogen-bond acceptors (Lipinski definition) is 2. The van der Waals surface area contributed by atoms with Crippen LogP contribution in [0.2, 0.25) is 0 Å². The van der Waals surface area contributed by atoms with Crippen molar-refractivity contribution < 1.29 is 4.79 Å². The van der Waals surface area contributed by atoms with E-state index in [1.807, 2.05) is 11.8 Å². The molecule has 3 aliphatic rings. The fraction of sp³-hybridized carbons (Fsp3) is 0.933. The first-order chi connectivity index (χ1) is 8.67. The van der Waals surface area contributed by atoms with E-state index in [9.17, 15) is 4.79 Å². The molecule has 102 valence electrons. The van der Waals surface area contributed by atoms with Crippen molar-refractivity contribution in [3.8, 4) is 0 Å². The first-order valence-corrected chi connectivity index (χ1v) is 7.72. The van der Waals surface area contributed by atoms with Gasteiger partial charge in [0, 0.05) is 19.1 Å².